The van der Waals surface area contributed by atoms with Gasteiger partial charge in [-0.1, -0.05) is 25.2 Å². The van der Waals surface area contributed by atoms with Gasteiger partial charge in [-0.2, -0.15) is 10.2 Å². The Hall–Kier alpha value is -7.81. The molecule has 4 amide bonds. The Balaban J connectivity index is 1.26. The van der Waals surface area contributed by atoms with Crippen LogP contribution in [0.2, 0.25) is 0 Å². The lowest BCUT2D eigenvalue weighted by molar-refractivity contribution is 0.0991. The molecule has 0 unspecified atom stereocenters. The number of methoxy groups -OCH3 is 1. The number of thiazole rings is 1. The molecule has 0 aliphatic carbocycles. The Morgan fingerprint density at radius 3 is 1.97 bits per heavy atom. The van der Waals surface area contributed by atoms with Crippen molar-refractivity contribution in [2.75, 3.05) is 30.1 Å². The molecule has 0 bridgehead atoms. The predicted molar refractivity (Wildman–Crippen MR) is 238 cm³/mol. The van der Waals surface area contributed by atoms with Gasteiger partial charge >= 0.3 is 0 Å². The van der Waals surface area contributed by atoms with Crippen molar-refractivity contribution in [3.05, 3.63) is 105 Å². The van der Waals surface area contributed by atoms with Gasteiger partial charge in [0.05, 0.1) is 53.0 Å². The molecule has 2 aromatic carbocycles. The number of carbonyl (C=O) groups is 4. The van der Waals surface area contributed by atoms with E-state index in [1.165, 1.54) is 42.7 Å². The number of allylic oxidation sites excluding steroid dienone is 3. The molecule has 5 heterocycles. The number of hydrogen-bond donors (Lipinski definition) is 5. The zero-order valence-corrected chi connectivity index (χ0v) is 36.0. The maximum absolute atomic E-state index is 13.8. The molecule has 20 nitrogen and oxygen atoms in total. The van der Waals surface area contributed by atoms with E-state index in [0.29, 0.717) is 80.7 Å². The monoisotopic (exact) mass is 874 g/mol. The van der Waals surface area contributed by atoms with Crippen molar-refractivity contribution in [1.82, 2.24) is 43.6 Å². The van der Waals surface area contributed by atoms with Crippen LogP contribution in [0.4, 0.5) is 17.6 Å². The van der Waals surface area contributed by atoms with Gasteiger partial charge in [-0.25, -0.2) is 15.0 Å². The first-order valence-corrected chi connectivity index (χ1v) is 20.7. The molecule has 0 atom stereocenters. The number of nitrogens with one attached hydrogen (secondary N) is 2. The highest BCUT2D eigenvalue weighted by Crippen LogP contribution is 2.33. The summed E-state index contributed by atoms with van der Waals surface area (Å²) in [4.78, 5) is 66.7. The Morgan fingerprint density at radius 1 is 0.794 bits per heavy atom. The molecule has 0 saturated carbocycles. The van der Waals surface area contributed by atoms with Gasteiger partial charge in [0.2, 0.25) is 23.7 Å². The Labute approximate surface area is 364 Å². The first-order valence-electron chi connectivity index (χ1n) is 19.8. The summed E-state index contributed by atoms with van der Waals surface area (Å²) in [6, 6.07) is 7.80. The largest absolute Gasteiger partial charge is 0.494 e. The van der Waals surface area contributed by atoms with Gasteiger partial charge in [0.1, 0.15) is 39.7 Å². The van der Waals surface area contributed by atoms with Crippen LogP contribution in [0, 0.1) is 13.8 Å². The fraction of sp³-hybridized carbons (Fsp3) is 0.262. The smallest absolute Gasteiger partial charge is 0.276 e. The number of aryl methyl sites for hydroxylation is 4. The third-order valence-corrected chi connectivity index (χ3v) is 10.8. The number of nitrogen functional groups attached to an aromatic ring is 1. The normalized spacial score (nSPS) is 11.6. The highest BCUT2D eigenvalue weighted by Gasteiger charge is 2.24. The summed E-state index contributed by atoms with van der Waals surface area (Å²) >= 11 is 1.28. The lowest BCUT2D eigenvalue weighted by atomic mass is 10.1. The molecular formula is C42H46N14O6S. The topological polar surface area (TPSA) is 273 Å². The minimum absolute atomic E-state index is 0.108. The van der Waals surface area contributed by atoms with Gasteiger partial charge in [-0.15, -0.1) is 11.3 Å². The third-order valence-electron chi connectivity index (χ3n) is 9.82. The van der Waals surface area contributed by atoms with Crippen LogP contribution < -0.4 is 37.3 Å². The number of primary amides is 2. The second-order valence-corrected chi connectivity index (χ2v) is 15.4. The summed E-state index contributed by atoms with van der Waals surface area (Å²) in [5, 5.41) is 15.2. The molecule has 7 aromatic rings. The van der Waals surface area contributed by atoms with Crippen LogP contribution >= 0.6 is 11.3 Å². The minimum Gasteiger partial charge on any atom is -0.494 e. The average molecular weight is 875 g/mol. The molecule has 5 aromatic heterocycles. The lowest BCUT2D eigenvalue weighted by Crippen LogP contribution is -2.20. The van der Waals surface area contributed by atoms with Crippen LogP contribution in [-0.4, -0.2) is 81.0 Å². The van der Waals surface area contributed by atoms with Gasteiger partial charge < -0.3 is 35.8 Å². The lowest BCUT2D eigenvalue weighted by Gasteiger charge is -2.13. The van der Waals surface area contributed by atoms with Crippen LogP contribution in [0.5, 0.6) is 11.5 Å². The van der Waals surface area contributed by atoms with Crippen molar-refractivity contribution in [2.45, 2.75) is 60.3 Å². The summed E-state index contributed by atoms with van der Waals surface area (Å²) in [7, 11) is 1.46. The number of anilines is 3. The second-order valence-electron chi connectivity index (χ2n) is 14.2. The van der Waals surface area contributed by atoms with Gasteiger partial charge in [0.25, 0.3) is 11.8 Å². The molecule has 7 rings (SSSR count). The number of ether oxygens (including phenoxy) is 2. The van der Waals surface area contributed by atoms with Crippen molar-refractivity contribution in [3.63, 3.8) is 0 Å². The number of imidazole rings is 2. The number of nitrogens with zero attached hydrogens (tertiary/aromatic N) is 9. The van der Waals surface area contributed by atoms with Crippen LogP contribution in [-0.2, 0) is 32.6 Å². The van der Waals surface area contributed by atoms with Crippen molar-refractivity contribution in [3.8, 4) is 11.5 Å². The molecule has 0 saturated heterocycles. The van der Waals surface area contributed by atoms with Crippen molar-refractivity contribution in [1.29, 1.82) is 0 Å². The van der Waals surface area contributed by atoms with E-state index >= 15 is 0 Å². The average Bonchev–Trinajstić information content (AvgIpc) is 4.09. The van der Waals surface area contributed by atoms with E-state index in [1.54, 1.807) is 50.0 Å². The zero-order chi connectivity index (χ0) is 44.9. The molecule has 0 aliphatic rings. The summed E-state index contributed by atoms with van der Waals surface area (Å²) in [5.41, 5.74) is 21.4. The van der Waals surface area contributed by atoms with Crippen molar-refractivity contribution < 1.29 is 28.7 Å². The standard InChI is InChI=1S/C42H46N14O6S/c1-6-28-36(63-24(4)47-28)40(60)51-42-49-30-18-26(38(45)58)20-33(62-15-11-10-12-53-22-27(43)21-46-53)35(30)55(42)14-9-8-13-54-34-29(17-25(37(44)57)19-32(34)61-5)48-41(54)50-39(59)31-16-23(3)52-56(31)7-2/h8-11,16-22H,6-7,12-15,43H2,1-5H3,(H2,44,57)(H2,45,58)(H,48,50,59)(H,49,51,60)/b9-8+,11-10+. The van der Waals surface area contributed by atoms with E-state index in [0.717, 1.165) is 5.01 Å². The predicted octanol–water partition coefficient (Wildman–Crippen LogP) is 4.62. The minimum atomic E-state index is -0.690. The maximum atomic E-state index is 13.8. The molecule has 63 heavy (non-hydrogen) atoms. The third kappa shape index (κ3) is 9.27. The number of aromatic nitrogens is 9. The molecule has 0 spiro atoms. The van der Waals surface area contributed by atoms with Crippen molar-refractivity contribution >= 4 is 74.6 Å². The fourth-order valence-corrected chi connectivity index (χ4v) is 7.87. The number of fused-ring (bicyclic) bond motifs is 2. The molecule has 0 radical (unpaired) electrons. The second kappa shape index (κ2) is 18.4. The van der Waals surface area contributed by atoms with E-state index in [9.17, 15) is 19.2 Å². The van der Waals surface area contributed by atoms with Gasteiger partial charge in [0, 0.05) is 37.0 Å². The summed E-state index contributed by atoms with van der Waals surface area (Å²) in [5.74, 6) is -1.25. The van der Waals surface area contributed by atoms with E-state index in [1.807, 2.05) is 39.0 Å². The molecule has 326 valence electrons. The summed E-state index contributed by atoms with van der Waals surface area (Å²) < 4.78 is 18.7. The molecule has 8 N–H and O–H groups in total. The quantitative estimate of drug-likeness (QED) is 0.0739. The highest BCUT2D eigenvalue weighted by atomic mass is 32.1. The maximum Gasteiger partial charge on any atom is 0.276 e. The van der Waals surface area contributed by atoms with E-state index in [2.05, 4.69) is 30.8 Å². The van der Waals surface area contributed by atoms with Crippen molar-refractivity contribution in [2.24, 2.45) is 11.5 Å². The molecule has 0 aliphatic heterocycles. The van der Waals surface area contributed by atoms with Gasteiger partial charge in [0.15, 0.2) is 0 Å². The van der Waals surface area contributed by atoms with E-state index in [4.69, 9.17) is 31.7 Å². The van der Waals surface area contributed by atoms with Crippen LogP contribution in [0.15, 0.2) is 67.0 Å². The highest BCUT2D eigenvalue weighted by molar-refractivity contribution is 7.13. The Kier molecular flexibility index (Phi) is 12.7. The van der Waals surface area contributed by atoms with Gasteiger partial charge in [-0.05, 0) is 63.6 Å². The molecule has 0 fully saturated rings. The number of nitrogens with two attached hydrogens (primary N) is 3. The van der Waals surface area contributed by atoms with Gasteiger partial charge in [-0.3, -0.25) is 39.2 Å². The number of benzene rings is 2. The molecule has 21 heteroatoms. The van der Waals surface area contributed by atoms with Crippen LogP contribution in [0.3, 0.4) is 0 Å². The fourth-order valence-electron chi connectivity index (χ4n) is 6.96. The van der Waals surface area contributed by atoms with E-state index in [-0.39, 0.29) is 42.7 Å². The summed E-state index contributed by atoms with van der Waals surface area (Å²) in [6.07, 6.45) is 11.1. The zero-order valence-electron chi connectivity index (χ0n) is 35.2. The molecular weight excluding hydrogens is 829 g/mol. The number of rotatable bonds is 18. The number of hydrogen-bond acceptors (Lipinski definition) is 13. The Bertz CT molecular complexity index is 2950. The van der Waals surface area contributed by atoms with E-state index < -0.39 is 23.6 Å². The Morgan fingerprint density at radius 2 is 1.40 bits per heavy atom. The number of carbonyl (C=O) groups excluding carboxylic acids is 4. The summed E-state index contributed by atoms with van der Waals surface area (Å²) in [6.45, 7) is 8.76. The SMILES string of the molecule is CCc1nc(C)sc1C(=O)Nc1nc2cc(C(N)=O)cc(OC/C=C/Cn3cc(N)cn3)c2n1C/C=C/Cn1c(NC(=O)c2cc(C)nn2CC)nc2cc(C(N)=O)cc(OC)c21. The first-order chi connectivity index (χ1) is 30.3. The first kappa shape index (κ1) is 43.3. The van der Waals surface area contributed by atoms with Crippen LogP contribution in [0.1, 0.15) is 71.1 Å². The van der Waals surface area contributed by atoms with Crippen LogP contribution in [0.25, 0.3) is 22.1 Å². The number of amides is 4.